The van der Waals surface area contributed by atoms with E-state index in [0.717, 1.165) is 21.7 Å². The molecule has 1 rings (SSSR count). The third-order valence-electron chi connectivity index (χ3n) is 3.29. The van der Waals surface area contributed by atoms with Crippen LogP contribution in [0.3, 0.4) is 0 Å². The van der Waals surface area contributed by atoms with Gasteiger partial charge >= 0.3 is 5.91 Å². The third kappa shape index (κ3) is 3.11. The fraction of sp³-hybridized carbons (Fsp3) is 0.400. The standard InChI is InChI=1S/C15H21N3O2/c1-5-11-7-10(9-16)8-12(6-2)13(11)14(19)15(20)18(4)17-3/h7-8H,3,5-6,9,16H2,1-2,4H3. The van der Waals surface area contributed by atoms with Crippen LogP contribution in [0.1, 0.15) is 40.9 Å². The average molecular weight is 275 g/mol. The molecule has 0 saturated heterocycles. The lowest BCUT2D eigenvalue weighted by molar-refractivity contribution is -0.125. The minimum Gasteiger partial charge on any atom is -0.326 e. The summed E-state index contributed by atoms with van der Waals surface area (Å²) in [7, 11) is 1.42. The van der Waals surface area contributed by atoms with Gasteiger partial charge in [-0.3, -0.25) is 9.59 Å². The zero-order valence-electron chi connectivity index (χ0n) is 12.3. The highest BCUT2D eigenvalue weighted by atomic mass is 16.2. The van der Waals surface area contributed by atoms with E-state index in [1.54, 1.807) is 0 Å². The number of hydrogen-bond donors (Lipinski definition) is 1. The molecule has 0 atom stereocenters. The molecule has 0 bridgehead atoms. The van der Waals surface area contributed by atoms with Crippen molar-refractivity contribution in [3.05, 3.63) is 34.4 Å². The molecular weight excluding hydrogens is 254 g/mol. The van der Waals surface area contributed by atoms with Gasteiger partial charge in [0.25, 0.3) is 5.78 Å². The van der Waals surface area contributed by atoms with Gasteiger partial charge in [-0.15, -0.1) is 0 Å². The summed E-state index contributed by atoms with van der Waals surface area (Å²) in [5.74, 6) is -1.22. The van der Waals surface area contributed by atoms with E-state index in [-0.39, 0.29) is 0 Å². The zero-order chi connectivity index (χ0) is 15.3. The fourth-order valence-corrected chi connectivity index (χ4v) is 2.13. The van der Waals surface area contributed by atoms with Gasteiger partial charge in [-0.1, -0.05) is 26.0 Å². The number of hydrazone groups is 1. The van der Waals surface area contributed by atoms with Crippen LogP contribution in [-0.4, -0.2) is 30.5 Å². The Labute approximate surface area is 119 Å². The monoisotopic (exact) mass is 275 g/mol. The summed E-state index contributed by atoms with van der Waals surface area (Å²) >= 11 is 0. The van der Waals surface area contributed by atoms with Crippen LogP contribution in [0.25, 0.3) is 0 Å². The number of likely N-dealkylation sites (N-methyl/N-ethyl adjacent to an activating group) is 1. The second-order valence-electron chi connectivity index (χ2n) is 4.50. The van der Waals surface area contributed by atoms with Gasteiger partial charge in [0.1, 0.15) is 0 Å². The molecule has 0 heterocycles. The normalized spacial score (nSPS) is 10.2. The van der Waals surface area contributed by atoms with Crippen molar-refractivity contribution < 1.29 is 9.59 Å². The van der Waals surface area contributed by atoms with Crippen molar-refractivity contribution >= 4 is 18.4 Å². The van der Waals surface area contributed by atoms with Crippen molar-refractivity contribution in [3.63, 3.8) is 0 Å². The molecule has 0 aliphatic rings. The molecule has 5 heteroatoms. The van der Waals surface area contributed by atoms with Crippen molar-refractivity contribution in [1.82, 2.24) is 5.01 Å². The Hall–Kier alpha value is -2.01. The van der Waals surface area contributed by atoms with E-state index in [1.165, 1.54) is 7.05 Å². The Morgan fingerprint density at radius 2 is 1.75 bits per heavy atom. The largest absolute Gasteiger partial charge is 0.326 e. The molecule has 1 aromatic rings. The summed E-state index contributed by atoms with van der Waals surface area (Å²) in [4.78, 5) is 24.4. The maximum Gasteiger partial charge on any atom is 0.314 e. The zero-order valence-corrected chi connectivity index (χ0v) is 12.3. The topological polar surface area (TPSA) is 75.8 Å². The van der Waals surface area contributed by atoms with Crippen LogP contribution in [0.2, 0.25) is 0 Å². The number of ketones is 1. The van der Waals surface area contributed by atoms with Crippen LogP contribution in [0.15, 0.2) is 17.2 Å². The first-order valence-corrected chi connectivity index (χ1v) is 6.63. The first kappa shape index (κ1) is 16.0. The molecule has 0 fully saturated rings. The number of hydrogen-bond acceptors (Lipinski definition) is 4. The number of amides is 1. The number of carbonyl (C=O) groups is 2. The molecule has 0 aliphatic carbocycles. The quantitative estimate of drug-likeness (QED) is 0.370. The smallest absolute Gasteiger partial charge is 0.314 e. The van der Waals surface area contributed by atoms with Crippen LogP contribution in [0.4, 0.5) is 0 Å². The van der Waals surface area contributed by atoms with Crippen molar-refractivity contribution in [1.29, 1.82) is 0 Å². The number of rotatable bonds is 6. The molecule has 0 radical (unpaired) electrons. The lowest BCUT2D eigenvalue weighted by Crippen LogP contribution is -2.30. The highest BCUT2D eigenvalue weighted by Crippen LogP contribution is 2.21. The number of aryl methyl sites for hydroxylation is 2. The van der Waals surface area contributed by atoms with Crippen LogP contribution >= 0.6 is 0 Å². The Morgan fingerprint density at radius 1 is 1.25 bits per heavy atom. The molecule has 108 valence electrons. The molecule has 0 aromatic heterocycles. The summed E-state index contributed by atoms with van der Waals surface area (Å²) in [6, 6.07) is 3.78. The van der Waals surface area contributed by atoms with Gasteiger partial charge in [0.05, 0.1) is 0 Å². The predicted molar refractivity (Wildman–Crippen MR) is 79.7 cm³/mol. The molecule has 20 heavy (non-hydrogen) atoms. The highest BCUT2D eigenvalue weighted by molar-refractivity contribution is 6.43. The molecule has 0 spiro atoms. The van der Waals surface area contributed by atoms with Crippen molar-refractivity contribution in [2.45, 2.75) is 33.2 Å². The second-order valence-corrected chi connectivity index (χ2v) is 4.50. The van der Waals surface area contributed by atoms with Crippen LogP contribution < -0.4 is 5.73 Å². The molecule has 5 nitrogen and oxygen atoms in total. The van der Waals surface area contributed by atoms with Crippen molar-refractivity contribution in [3.8, 4) is 0 Å². The van der Waals surface area contributed by atoms with E-state index in [2.05, 4.69) is 11.8 Å². The van der Waals surface area contributed by atoms with Crippen molar-refractivity contribution in [2.24, 2.45) is 10.8 Å². The van der Waals surface area contributed by atoms with E-state index >= 15 is 0 Å². The summed E-state index contributed by atoms with van der Waals surface area (Å²) < 4.78 is 0. The Kier molecular flexibility index (Phi) is 5.58. The first-order chi connectivity index (χ1) is 9.49. The molecule has 0 unspecified atom stereocenters. The maximum atomic E-state index is 12.4. The van der Waals surface area contributed by atoms with Gasteiger partial charge in [0.15, 0.2) is 0 Å². The minimum atomic E-state index is -0.676. The third-order valence-corrected chi connectivity index (χ3v) is 3.29. The molecule has 1 aromatic carbocycles. The van der Waals surface area contributed by atoms with Gasteiger partial charge < -0.3 is 5.73 Å². The average Bonchev–Trinajstić information content (AvgIpc) is 2.50. The van der Waals surface area contributed by atoms with Gasteiger partial charge in [-0.05, 0) is 29.5 Å². The van der Waals surface area contributed by atoms with E-state index in [9.17, 15) is 9.59 Å². The molecule has 0 saturated carbocycles. The fourth-order valence-electron chi connectivity index (χ4n) is 2.13. The van der Waals surface area contributed by atoms with Crippen LogP contribution in [0.5, 0.6) is 0 Å². The summed E-state index contributed by atoms with van der Waals surface area (Å²) in [6.45, 7) is 7.57. The van der Waals surface area contributed by atoms with Crippen molar-refractivity contribution in [2.75, 3.05) is 7.05 Å². The van der Waals surface area contributed by atoms with E-state index in [4.69, 9.17) is 5.73 Å². The molecule has 0 aliphatic heterocycles. The summed E-state index contributed by atoms with van der Waals surface area (Å²) in [5.41, 5.74) is 8.81. The number of nitrogens with zero attached hydrogens (tertiary/aromatic N) is 2. The molecule has 1 amide bonds. The molecule has 2 N–H and O–H groups in total. The SMILES string of the molecule is C=NN(C)C(=O)C(=O)c1c(CC)cc(CN)cc1CC. The van der Waals surface area contributed by atoms with Gasteiger partial charge in [0, 0.05) is 25.9 Å². The lowest BCUT2D eigenvalue weighted by Gasteiger charge is -2.16. The highest BCUT2D eigenvalue weighted by Gasteiger charge is 2.25. The van der Waals surface area contributed by atoms with E-state index in [1.807, 2.05) is 26.0 Å². The Balaban J connectivity index is 3.38. The van der Waals surface area contributed by atoms with Gasteiger partial charge in [-0.2, -0.15) is 5.10 Å². The van der Waals surface area contributed by atoms with E-state index < -0.39 is 11.7 Å². The number of Topliss-reactive ketones (excluding diaryl/α,β-unsaturated/α-hetero) is 1. The Morgan fingerprint density at radius 3 is 2.10 bits per heavy atom. The maximum absolute atomic E-state index is 12.4. The van der Waals surface area contributed by atoms with Crippen LogP contribution in [0, 0.1) is 0 Å². The lowest BCUT2D eigenvalue weighted by atomic mass is 9.91. The molecular formula is C15H21N3O2. The second kappa shape index (κ2) is 6.96. The number of nitrogens with two attached hydrogens (primary N) is 1. The predicted octanol–water partition coefficient (Wildman–Crippen LogP) is 1.53. The first-order valence-electron chi connectivity index (χ1n) is 6.63. The summed E-state index contributed by atoms with van der Waals surface area (Å²) in [5, 5.41) is 4.43. The number of carbonyl (C=O) groups excluding carboxylic acids is 2. The van der Waals surface area contributed by atoms with Gasteiger partial charge in [-0.25, -0.2) is 5.01 Å². The Bertz CT molecular complexity index is 513. The summed E-state index contributed by atoms with van der Waals surface area (Å²) in [6.07, 6.45) is 1.33. The van der Waals surface area contributed by atoms with Gasteiger partial charge in [0.2, 0.25) is 0 Å². The number of benzene rings is 1. The minimum absolute atomic E-state index is 0.413. The van der Waals surface area contributed by atoms with E-state index in [0.29, 0.717) is 24.9 Å². The van der Waals surface area contributed by atoms with Crippen LogP contribution in [-0.2, 0) is 24.2 Å².